The maximum Gasteiger partial charge on any atom is 0.405 e. The van der Waals surface area contributed by atoms with Crippen molar-refractivity contribution in [1.29, 1.82) is 0 Å². The molecule has 1 saturated carbocycles. The summed E-state index contributed by atoms with van der Waals surface area (Å²) < 4.78 is 59.7. The van der Waals surface area contributed by atoms with E-state index in [2.05, 4.69) is 31.7 Å². The van der Waals surface area contributed by atoms with Crippen LogP contribution in [0.3, 0.4) is 0 Å². The minimum atomic E-state index is -4.41. The van der Waals surface area contributed by atoms with Crippen molar-refractivity contribution in [2.45, 2.75) is 122 Å². The molecule has 0 bridgehead atoms. The molecule has 4 aliphatic rings. The summed E-state index contributed by atoms with van der Waals surface area (Å²) in [6.07, 6.45) is 1.75. The first kappa shape index (κ1) is 54.6. The second-order valence-corrected chi connectivity index (χ2v) is 23.7. The van der Waals surface area contributed by atoms with Gasteiger partial charge in [-0.3, -0.25) is 34.6 Å². The zero-order chi connectivity index (χ0) is 56.0. The number of aryl methyl sites for hydroxylation is 1. The quantitative estimate of drug-likeness (QED) is 0.0831. The molecule has 3 fully saturated rings. The van der Waals surface area contributed by atoms with Crippen LogP contribution in [0.15, 0.2) is 91.0 Å². The van der Waals surface area contributed by atoms with Gasteiger partial charge in [0, 0.05) is 68.4 Å². The molecular weight excluding hydrogens is 1040 g/mol. The summed E-state index contributed by atoms with van der Waals surface area (Å²) in [7, 11) is 1.75. The lowest BCUT2D eigenvalue weighted by atomic mass is 9.84. The van der Waals surface area contributed by atoms with Crippen molar-refractivity contribution in [3.8, 4) is 16.9 Å². The number of halogens is 3. The molecule has 7 aromatic rings. The normalized spacial score (nSPS) is 20.2. The van der Waals surface area contributed by atoms with Gasteiger partial charge in [0.15, 0.2) is 10.8 Å². The lowest BCUT2D eigenvalue weighted by molar-refractivity contribution is -0.184. The van der Waals surface area contributed by atoms with E-state index in [4.69, 9.17) is 14.5 Å². The Morgan fingerprint density at radius 2 is 1.65 bits per heavy atom. The first-order valence-electron chi connectivity index (χ1n) is 27.7. The standard InChI is InChI=1S/C61H66F3N9O6S/c1-36-41(42-24-26-52(66-55(42)58(77)79-60(2,3)4)73-30-28-38-12-8-14-43(46(38)34-73)56(75)68-59-65-47-15-6-7-17-50(47)80-59)13-9-16-49(36)78-40-21-18-37(19-22-40)11-10-29-71-31-32-72(35-51(71)61(62,63)64)39-20-23-44-48(33-39)70(5)69-54(44)45-25-27-53(74)67-57(45)76/h6-9,12-17,20,23-24,26,33,37,40,45,51H,10-11,18-19,21-22,25,27-32,34-35H2,1-5H3,(H,65,68,75)(H,67,74,76)/t37-,40-,45?,51-/m1/s1. The number of benzene rings is 4. The third-order valence-corrected chi connectivity index (χ3v) is 17.2. The molecule has 3 amide bonds. The van der Waals surface area contributed by atoms with Crippen LogP contribution in [-0.2, 0) is 34.3 Å². The van der Waals surface area contributed by atoms with Gasteiger partial charge in [-0.15, -0.1) is 0 Å². The lowest BCUT2D eigenvalue weighted by Gasteiger charge is -2.43. The van der Waals surface area contributed by atoms with Crippen LogP contribution in [0.2, 0.25) is 0 Å². The molecule has 1 unspecified atom stereocenters. The van der Waals surface area contributed by atoms with Gasteiger partial charge in [-0.05, 0) is 168 Å². The van der Waals surface area contributed by atoms with Crippen LogP contribution in [0.25, 0.3) is 32.2 Å². The summed E-state index contributed by atoms with van der Waals surface area (Å²) >= 11 is 1.43. The maximum absolute atomic E-state index is 14.8. The fourth-order valence-electron chi connectivity index (χ4n) is 12.1. The zero-order valence-electron chi connectivity index (χ0n) is 45.7. The Morgan fingerprint density at radius 1 is 0.850 bits per heavy atom. The summed E-state index contributed by atoms with van der Waals surface area (Å²) in [5, 5.41) is 11.3. The van der Waals surface area contributed by atoms with Crippen LogP contribution in [-0.4, -0.2) is 105 Å². The van der Waals surface area contributed by atoms with Crippen molar-refractivity contribution >= 4 is 72.8 Å². The molecule has 15 nitrogen and oxygen atoms in total. The number of rotatable bonds is 13. The van der Waals surface area contributed by atoms with Crippen LogP contribution in [0.5, 0.6) is 5.75 Å². The molecule has 2 atom stereocenters. The Bertz CT molecular complexity index is 3480. The van der Waals surface area contributed by atoms with E-state index in [-0.39, 0.29) is 49.0 Å². The fraction of sp³-hybridized carbons (Fsp3) is 0.426. The number of fused-ring (bicyclic) bond motifs is 3. The molecule has 80 heavy (non-hydrogen) atoms. The molecule has 3 aliphatic heterocycles. The predicted octanol–water partition coefficient (Wildman–Crippen LogP) is 11.3. The van der Waals surface area contributed by atoms with Gasteiger partial charge in [0.1, 0.15) is 23.2 Å². The number of anilines is 3. The van der Waals surface area contributed by atoms with Crippen molar-refractivity contribution in [3.05, 3.63) is 125 Å². The van der Waals surface area contributed by atoms with E-state index in [0.29, 0.717) is 96.1 Å². The monoisotopic (exact) mass is 1110 g/mol. The summed E-state index contributed by atoms with van der Waals surface area (Å²) in [4.78, 5) is 67.5. The predicted molar refractivity (Wildman–Crippen MR) is 303 cm³/mol. The zero-order valence-corrected chi connectivity index (χ0v) is 46.5. The van der Waals surface area contributed by atoms with Gasteiger partial charge >= 0.3 is 12.1 Å². The minimum absolute atomic E-state index is 0.0431. The number of amides is 3. The van der Waals surface area contributed by atoms with Gasteiger partial charge in [-0.2, -0.15) is 18.3 Å². The summed E-state index contributed by atoms with van der Waals surface area (Å²) in [5.41, 5.74) is 6.98. The van der Waals surface area contributed by atoms with Crippen molar-refractivity contribution in [3.63, 3.8) is 0 Å². The largest absolute Gasteiger partial charge is 0.490 e. The smallest absolute Gasteiger partial charge is 0.405 e. The molecule has 0 spiro atoms. The average Bonchev–Trinajstić information content (AvgIpc) is 4.01. The third kappa shape index (κ3) is 11.6. The van der Waals surface area contributed by atoms with E-state index in [1.165, 1.54) is 11.3 Å². The first-order valence-corrected chi connectivity index (χ1v) is 28.5. The van der Waals surface area contributed by atoms with E-state index in [1.54, 1.807) is 21.5 Å². The van der Waals surface area contributed by atoms with Crippen molar-refractivity contribution in [2.75, 3.05) is 47.8 Å². The van der Waals surface area contributed by atoms with E-state index in [9.17, 15) is 32.3 Å². The molecular formula is C61H66F3N9O6S. The molecule has 3 aromatic heterocycles. The number of nitrogens with one attached hydrogen (secondary N) is 2. The Labute approximate surface area is 466 Å². The second kappa shape index (κ2) is 22.3. The number of piperidine rings is 1. The van der Waals surface area contributed by atoms with Gasteiger partial charge in [-0.25, -0.2) is 14.8 Å². The number of hydrogen-bond acceptors (Lipinski definition) is 13. The van der Waals surface area contributed by atoms with Crippen molar-refractivity contribution < 1.29 is 41.8 Å². The maximum atomic E-state index is 14.8. The highest BCUT2D eigenvalue weighted by molar-refractivity contribution is 7.22. The number of carbonyl (C=O) groups excluding carboxylic acids is 4. The van der Waals surface area contributed by atoms with Gasteiger partial charge in [0.2, 0.25) is 11.8 Å². The van der Waals surface area contributed by atoms with Gasteiger partial charge in [-0.1, -0.05) is 47.7 Å². The molecule has 6 heterocycles. The summed E-state index contributed by atoms with van der Waals surface area (Å²) in [5.74, 6) is -0.367. The van der Waals surface area contributed by atoms with E-state index >= 15 is 0 Å². The van der Waals surface area contributed by atoms with E-state index in [1.807, 2.05) is 113 Å². The molecule has 19 heteroatoms. The van der Waals surface area contributed by atoms with Crippen molar-refractivity contribution in [1.82, 2.24) is 30.0 Å². The number of thiazole rings is 1. The Morgan fingerprint density at radius 3 is 2.42 bits per heavy atom. The number of hydrogen-bond donors (Lipinski definition) is 2. The summed E-state index contributed by atoms with van der Waals surface area (Å²) in [6.45, 7) is 9.39. The topological polar surface area (TPSA) is 164 Å². The van der Waals surface area contributed by atoms with E-state index in [0.717, 1.165) is 70.0 Å². The third-order valence-electron chi connectivity index (χ3n) is 16.2. The lowest BCUT2D eigenvalue weighted by Crippen LogP contribution is -2.59. The molecule has 2 saturated heterocycles. The number of imide groups is 1. The number of aromatic nitrogens is 4. The Balaban J connectivity index is 0.714. The Hall–Kier alpha value is -7.38. The summed E-state index contributed by atoms with van der Waals surface area (Å²) in [6, 6.07) is 27.1. The molecule has 1 aliphatic carbocycles. The highest BCUT2D eigenvalue weighted by Gasteiger charge is 2.46. The first-order chi connectivity index (χ1) is 38.3. The SMILES string of the molecule is Cc1c(O[C@H]2CC[C@H](CCCN3CCN(c4ccc5c(C6CCC(=O)NC6=O)nn(C)c5c4)C[C@@H]3C(F)(F)F)CC2)cccc1-c1ccc(N2CCc3cccc(C(=O)Nc4nc5ccccc5s4)c3C2)nc1C(=O)OC(C)(C)C. The Kier molecular flexibility index (Phi) is 15.2. The van der Waals surface area contributed by atoms with Gasteiger partial charge in [0.05, 0.1) is 33.4 Å². The highest BCUT2D eigenvalue weighted by atomic mass is 32.1. The molecule has 4 aromatic carbocycles. The average molecular weight is 1110 g/mol. The fourth-order valence-corrected chi connectivity index (χ4v) is 12.9. The second-order valence-electron chi connectivity index (χ2n) is 22.7. The number of carbonyl (C=O) groups is 4. The minimum Gasteiger partial charge on any atom is -0.490 e. The molecule has 2 N–H and O–H groups in total. The number of ether oxygens (including phenoxy) is 2. The van der Waals surface area contributed by atoms with Gasteiger partial charge in [0.25, 0.3) is 5.91 Å². The van der Waals surface area contributed by atoms with Crippen LogP contribution < -0.4 is 25.2 Å². The number of esters is 1. The number of alkyl halides is 3. The molecule has 11 rings (SSSR count). The highest BCUT2D eigenvalue weighted by Crippen LogP contribution is 2.40. The molecule has 418 valence electrons. The van der Waals surface area contributed by atoms with Crippen LogP contribution >= 0.6 is 11.3 Å². The van der Waals surface area contributed by atoms with Gasteiger partial charge < -0.3 is 19.3 Å². The number of nitrogens with zero attached hydrogens (tertiary/aromatic N) is 7. The van der Waals surface area contributed by atoms with Crippen LogP contribution in [0.4, 0.5) is 29.8 Å². The van der Waals surface area contributed by atoms with Crippen LogP contribution in [0.1, 0.15) is 121 Å². The number of para-hydroxylation sites is 1. The number of piperazine rings is 1. The molecule has 0 radical (unpaired) electrons. The van der Waals surface area contributed by atoms with Crippen molar-refractivity contribution in [2.24, 2.45) is 13.0 Å². The number of pyridine rings is 1. The van der Waals surface area contributed by atoms with Crippen LogP contribution in [0, 0.1) is 12.8 Å². The van der Waals surface area contributed by atoms with E-state index < -0.39 is 29.7 Å².